The Labute approximate surface area is 192 Å². The number of sulfonamides is 1. The number of nitrogens with zero attached hydrogens (tertiary/aromatic N) is 3. The van der Waals surface area contributed by atoms with Gasteiger partial charge >= 0.3 is 0 Å². The molecule has 0 radical (unpaired) electrons. The Hall–Kier alpha value is -0.870. The fourth-order valence-corrected chi connectivity index (χ4v) is 6.47. The lowest BCUT2D eigenvalue weighted by molar-refractivity contribution is 0.299. The molecule has 2 heterocycles. The van der Waals surface area contributed by atoms with Crippen LogP contribution in [0.4, 0.5) is 0 Å². The van der Waals surface area contributed by atoms with E-state index in [4.69, 9.17) is 0 Å². The van der Waals surface area contributed by atoms with Crippen molar-refractivity contribution in [3.05, 3.63) is 29.8 Å². The molecular formula is C21H33IN4O2S. The first kappa shape index (κ1) is 22.8. The third-order valence-corrected chi connectivity index (χ3v) is 8.48. The summed E-state index contributed by atoms with van der Waals surface area (Å²) in [5, 5.41) is 3.47. The first-order chi connectivity index (χ1) is 13.6. The molecule has 162 valence electrons. The van der Waals surface area contributed by atoms with Crippen LogP contribution in [0.15, 0.2) is 34.2 Å². The molecule has 2 aliphatic heterocycles. The Morgan fingerprint density at radius 2 is 1.62 bits per heavy atom. The largest absolute Gasteiger partial charge is 0.352 e. The van der Waals surface area contributed by atoms with Gasteiger partial charge in [-0.05, 0) is 55.2 Å². The second-order valence-corrected chi connectivity index (χ2v) is 10.3. The minimum absolute atomic E-state index is 0. The highest BCUT2D eigenvalue weighted by Crippen LogP contribution is 2.36. The average Bonchev–Trinajstić information content (AvgIpc) is 3.39. The number of aliphatic imine (C=N–C) groups is 1. The van der Waals surface area contributed by atoms with Gasteiger partial charge < -0.3 is 10.2 Å². The summed E-state index contributed by atoms with van der Waals surface area (Å²) in [6.45, 7) is 4.15. The van der Waals surface area contributed by atoms with Crippen LogP contribution in [0.25, 0.3) is 0 Å². The molecule has 2 atom stereocenters. The van der Waals surface area contributed by atoms with E-state index in [1.165, 1.54) is 25.7 Å². The molecule has 1 N–H and O–H groups in total. The number of rotatable bonds is 4. The summed E-state index contributed by atoms with van der Waals surface area (Å²) >= 11 is 0. The first-order valence-corrected chi connectivity index (χ1v) is 12.1. The number of hydrogen-bond acceptors (Lipinski definition) is 3. The molecular weight excluding hydrogens is 499 g/mol. The lowest BCUT2D eigenvalue weighted by Gasteiger charge is -2.22. The number of guanidine groups is 1. The zero-order valence-electron chi connectivity index (χ0n) is 17.2. The van der Waals surface area contributed by atoms with Gasteiger partial charge in [0, 0.05) is 39.8 Å². The molecule has 4 rings (SSSR count). The predicted octanol–water partition coefficient (Wildman–Crippen LogP) is 3.29. The van der Waals surface area contributed by atoms with Crippen molar-refractivity contribution in [1.82, 2.24) is 14.5 Å². The molecule has 1 aliphatic carbocycles. The number of nitrogens with one attached hydrogen (secondary N) is 1. The van der Waals surface area contributed by atoms with Gasteiger partial charge in [-0.2, -0.15) is 4.31 Å². The van der Waals surface area contributed by atoms with Crippen molar-refractivity contribution in [2.24, 2.45) is 16.8 Å². The van der Waals surface area contributed by atoms with Gasteiger partial charge in [0.2, 0.25) is 10.0 Å². The number of benzene rings is 1. The number of likely N-dealkylation sites (tertiary alicyclic amines) is 1. The monoisotopic (exact) mass is 532 g/mol. The van der Waals surface area contributed by atoms with Crippen LogP contribution in [0.1, 0.15) is 44.1 Å². The van der Waals surface area contributed by atoms with E-state index in [0.29, 0.717) is 24.5 Å². The van der Waals surface area contributed by atoms with Gasteiger partial charge in [0.15, 0.2) is 5.96 Å². The van der Waals surface area contributed by atoms with Crippen molar-refractivity contribution in [1.29, 1.82) is 0 Å². The van der Waals surface area contributed by atoms with Crippen LogP contribution in [0.2, 0.25) is 0 Å². The Balaban J connectivity index is 0.00000240. The summed E-state index contributed by atoms with van der Waals surface area (Å²) in [6.07, 6.45) is 7.36. The van der Waals surface area contributed by atoms with Crippen LogP contribution < -0.4 is 5.32 Å². The molecule has 0 bridgehead atoms. The van der Waals surface area contributed by atoms with Gasteiger partial charge in [-0.25, -0.2) is 8.42 Å². The highest BCUT2D eigenvalue weighted by molar-refractivity contribution is 14.0. The van der Waals surface area contributed by atoms with Gasteiger partial charge in [0.1, 0.15) is 0 Å². The zero-order valence-corrected chi connectivity index (χ0v) is 20.4. The summed E-state index contributed by atoms with van der Waals surface area (Å²) in [7, 11) is -1.49. The lowest BCUT2D eigenvalue weighted by atomic mass is 9.82. The van der Waals surface area contributed by atoms with Gasteiger partial charge in [0.25, 0.3) is 0 Å². The van der Waals surface area contributed by atoms with Crippen molar-refractivity contribution in [2.45, 2.75) is 50.0 Å². The lowest BCUT2D eigenvalue weighted by Crippen LogP contribution is -2.39. The van der Waals surface area contributed by atoms with Crippen molar-refractivity contribution in [3.63, 3.8) is 0 Å². The van der Waals surface area contributed by atoms with E-state index in [2.05, 4.69) is 15.2 Å². The van der Waals surface area contributed by atoms with E-state index in [1.54, 1.807) is 16.4 Å². The van der Waals surface area contributed by atoms with Gasteiger partial charge in [-0.3, -0.25) is 4.99 Å². The Morgan fingerprint density at radius 1 is 1.03 bits per heavy atom. The van der Waals surface area contributed by atoms with E-state index >= 15 is 0 Å². The summed E-state index contributed by atoms with van der Waals surface area (Å²) in [5.41, 5.74) is 1.07. The molecule has 29 heavy (non-hydrogen) atoms. The Bertz CT molecular complexity index is 792. The van der Waals surface area contributed by atoms with E-state index < -0.39 is 10.0 Å². The fourth-order valence-electron chi connectivity index (χ4n) is 4.95. The second kappa shape index (κ2) is 9.96. The molecule has 2 unspecified atom stereocenters. The second-order valence-electron chi connectivity index (χ2n) is 8.37. The van der Waals surface area contributed by atoms with Crippen molar-refractivity contribution in [2.75, 3.05) is 33.2 Å². The number of fused-ring (bicyclic) bond motifs is 1. The molecule has 0 aromatic heterocycles. The highest BCUT2D eigenvalue weighted by Gasteiger charge is 2.35. The molecule has 0 amide bonds. The molecule has 0 spiro atoms. The van der Waals surface area contributed by atoms with Gasteiger partial charge in [-0.15, -0.1) is 24.0 Å². The summed E-state index contributed by atoms with van der Waals surface area (Å²) in [4.78, 5) is 7.27. The van der Waals surface area contributed by atoms with Crippen molar-refractivity contribution >= 4 is 40.0 Å². The Kier molecular flexibility index (Phi) is 7.83. The number of halogens is 1. The third kappa shape index (κ3) is 5.07. The van der Waals surface area contributed by atoms with Crippen molar-refractivity contribution < 1.29 is 8.42 Å². The van der Waals surface area contributed by atoms with Crippen LogP contribution in [0.3, 0.4) is 0 Å². The van der Waals surface area contributed by atoms with E-state index in [1.807, 2.05) is 19.2 Å². The standard InChI is InChI=1S/C21H32N4O2S.HI/c1-22-21(24-15-18-6-2-3-7-19(18)16-24)23-14-17-8-10-20(11-9-17)28(26,27)25-12-4-5-13-25;/h8-11,18-19H,2-7,12-16H2,1H3,(H,22,23);1H. The molecule has 6 nitrogen and oxygen atoms in total. The van der Waals surface area contributed by atoms with E-state index in [0.717, 1.165) is 49.3 Å². The average molecular weight is 532 g/mol. The Morgan fingerprint density at radius 3 is 2.17 bits per heavy atom. The quantitative estimate of drug-likeness (QED) is 0.368. The molecule has 2 saturated heterocycles. The normalized spacial score (nSPS) is 25.6. The first-order valence-electron chi connectivity index (χ1n) is 10.6. The molecule has 3 aliphatic rings. The SMILES string of the molecule is CN=C(NCc1ccc(S(=O)(=O)N2CCCC2)cc1)N1CC2CCCCC2C1.I. The molecule has 8 heteroatoms. The smallest absolute Gasteiger partial charge is 0.243 e. The van der Waals surface area contributed by atoms with Gasteiger partial charge in [-0.1, -0.05) is 25.0 Å². The number of hydrogen-bond donors (Lipinski definition) is 1. The maximum Gasteiger partial charge on any atom is 0.243 e. The van der Waals surface area contributed by atoms with Crippen LogP contribution in [0.5, 0.6) is 0 Å². The maximum absolute atomic E-state index is 12.6. The predicted molar refractivity (Wildman–Crippen MR) is 127 cm³/mol. The van der Waals surface area contributed by atoms with E-state index in [9.17, 15) is 8.42 Å². The third-order valence-electron chi connectivity index (χ3n) is 6.56. The fraction of sp³-hybridized carbons (Fsp3) is 0.667. The zero-order chi connectivity index (χ0) is 19.6. The van der Waals surface area contributed by atoms with Crippen LogP contribution in [0, 0.1) is 11.8 Å². The summed E-state index contributed by atoms with van der Waals surface area (Å²) < 4.78 is 26.9. The minimum atomic E-state index is -3.34. The van der Waals surface area contributed by atoms with Crippen LogP contribution >= 0.6 is 24.0 Å². The molecule has 1 aromatic rings. The topological polar surface area (TPSA) is 65.0 Å². The van der Waals surface area contributed by atoms with Gasteiger partial charge in [0.05, 0.1) is 4.90 Å². The highest BCUT2D eigenvalue weighted by atomic mass is 127. The minimum Gasteiger partial charge on any atom is -0.352 e. The molecule has 1 aromatic carbocycles. The molecule has 1 saturated carbocycles. The maximum atomic E-state index is 12.6. The van der Waals surface area contributed by atoms with Crippen LogP contribution in [-0.2, 0) is 16.6 Å². The summed E-state index contributed by atoms with van der Waals surface area (Å²) in [6, 6.07) is 7.29. The van der Waals surface area contributed by atoms with Crippen molar-refractivity contribution in [3.8, 4) is 0 Å². The molecule has 3 fully saturated rings. The van der Waals surface area contributed by atoms with E-state index in [-0.39, 0.29) is 24.0 Å². The van der Waals surface area contributed by atoms with Crippen LogP contribution in [-0.4, -0.2) is 56.8 Å². The summed E-state index contributed by atoms with van der Waals surface area (Å²) in [5.74, 6) is 2.60.